The average molecular weight is 593 g/mol. The molecule has 0 saturated carbocycles. The summed E-state index contributed by atoms with van der Waals surface area (Å²) in [6.07, 6.45) is -3.13. The van der Waals surface area contributed by atoms with Crippen LogP contribution < -0.4 is 5.32 Å². The van der Waals surface area contributed by atoms with Crippen molar-refractivity contribution >= 4 is 48.0 Å². The summed E-state index contributed by atoms with van der Waals surface area (Å²) < 4.78 is 48.1. The summed E-state index contributed by atoms with van der Waals surface area (Å²) in [6.45, 7) is 0. The van der Waals surface area contributed by atoms with Gasteiger partial charge in [0.2, 0.25) is 5.91 Å². The molecule has 3 aromatic carbocycles. The van der Waals surface area contributed by atoms with Crippen molar-refractivity contribution in [2.75, 3.05) is 5.32 Å². The van der Waals surface area contributed by atoms with Crippen molar-refractivity contribution in [1.29, 1.82) is 0 Å². The highest BCUT2D eigenvalue weighted by atomic mass is 127. The zero-order chi connectivity index (χ0) is 25.0. The lowest BCUT2D eigenvalue weighted by Gasteiger charge is -2.14. The smallest absolute Gasteiger partial charge is 0.417 e. The lowest BCUT2D eigenvalue weighted by atomic mass is 9.96. The van der Waals surface area contributed by atoms with E-state index in [1.807, 2.05) is 0 Å². The quantitative estimate of drug-likeness (QED) is 0.301. The SMILES string of the molecule is O=C(O)CCC(=O)Nc1ccc(C2=CC(c3ccc(-c4ccccc4)c(C(F)(F)F)c3)=IO2)cc1. The molecule has 4 rings (SSSR count). The fraction of sp³-hybridized carbons (Fsp3) is 0.115. The topological polar surface area (TPSA) is 75.6 Å². The second-order valence-electron chi connectivity index (χ2n) is 7.65. The van der Waals surface area contributed by atoms with Crippen LogP contribution >= 0.6 is 21.1 Å². The Morgan fingerprint density at radius 2 is 1.57 bits per heavy atom. The maximum absolute atomic E-state index is 13.9. The number of nitrogens with one attached hydrogen (secondary N) is 1. The molecule has 2 N–H and O–H groups in total. The van der Waals surface area contributed by atoms with Crippen LogP contribution in [0.15, 0.2) is 78.9 Å². The Bertz CT molecular complexity index is 1320. The highest BCUT2D eigenvalue weighted by Crippen LogP contribution is 2.39. The zero-order valence-corrected chi connectivity index (χ0v) is 20.3. The van der Waals surface area contributed by atoms with Crippen LogP contribution in [-0.4, -0.2) is 20.5 Å². The van der Waals surface area contributed by atoms with E-state index in [9.17, 15) is 22.8 Å². The minimum absolute atomic E-state index is 0.128. The van der Waals surface area contributed by atoms with Gasteiger partial charge in [-0.1, -0.05) is 42.5 Å². The number of rotatable bonds is 7. The first-order valence-electron chi connectivity index (χ1n) is 10.5. The van der Waals surface area contributed by atoms with E-state index in [1.165, 1.54) is 12.1 Å². The van der Waals surface area contributed by atoms with Crippen LogP contribution in [0.1, 0.15) is 29.5 Å². The second kappa shape index (κ2) is 10.4. The molecular weight excluding hydrogens is 574 g/mol. The molecular formula is C26H19F3INO4. The van der Waals surface area contributed by atoms with Gasteiger partial charge in [-0.05, 0) is 53.1 Å². The number of carboxylic acid groups (broad SMARTS) is 1. The predicted octanol–water partition coefficient (Wildman–Crippen LogP) is 6.65. The first kappa shape index (κ1) is 24.6. The van der Waals surface area contributed by atoms with E-state index in [0.717, 1.165) is 9.07 Å². The highest BCUT2D eigenvalue weighted by Gasteiger charge is 2.34. The highest BCUT2D eigenvalue weighted by molar-refractivity contribution is 14.2. The number of carbonyl (C=O) groups is 2. The summed E-state index contributed by atoms with van der Waals surface area (Å²) >= 11 is -0.985. The summed E-state index contributed by atoms with van der Waals surface area (Å²) in [5.41, 5.74) is 1.64. The standard InChI is InChI=1S/C26H19F3INO4/c27-26(28,29)21-14-18(8-11-20(21)16-4-2-1-3-5-16)22-15-23(35-30-22)17-6-9-19(10-7-17)31-24(32)12-13-25(33)34/h1-11,14-15H,12-13H2,(H,31,32)(H,33,34). The number of benzene rings is 3. The molecule has 1 aliphatic heterocycles. The lowest BCUT2D eigenvalue weighted by Crippen LogP contribution is -2.13. The number of halogens is 4. The molecule has 35 heavy (non-hydrogen) atoms. The van der Waals surface area contributed by atoms with Crippen LogP contribution in [0.3, 0.4) is 0 Å². The normalized spacial score (nSPS) is 13.2. The molecule has 0 atom stereocenters. The third-order valence-corrected chi connectivity index (χ3v) is 7.27. The van der Waals surface area contributed by atoms with E-state index in [4.69, 9.17) is 8.17 Å². The van der Waals surface area contributed by atoms with Gasteiger partial charge in [0.15, 0.2) is 0 Å². The van der Waals surface area contributed by atoms with Crippen LogP contribution in [0.2, 0.25) is 0 Å². The fourth-order valence-electron chi connectivity index (χ4n) is 3.46. The van der Waals surface area contributed by atoms with Gasteiger partial charge in [-0.2, -0.15) is 13.2 Å². The van der Waals surface area contributed by atoms with Crippen LogP contribution in [0, 0.1) is 0 Å². The Balaban J connectivity index is 1.52. The van der Waals surface area contributed by atoms with E-state index < -0.39 is 44.8 Å². The van der Waals surface area contributed by atoms with Gasteiger partial charge in [0, 0.05) is 17.7 Å². The van der Waals surface area contributed by atoms with Crippen LogP contribution in [0.4, 0.5) is 18.9 Å². The number of alkyl halides is 3. The van der Waals surface area contributed by atoms with E-state index in [-0.39, 0.29) is 18.4 Å². The minimum atomic E-state index is -4.50. The molecule has 0 aromatic heterocycles. The molecule has 5 nitrogen and oxygen atoms in total. The molecule has 0 unspecified atom stereocenters. The maximum Gasteiger partial charge on any atom is 0.417 e. The number of hydrogen-bond donors (Lipinski definition) is 2. The van der Waals surface area contributed by atoms with Crippen molar-refractivity contribution in [2.24, 2.45) is 0 Å². The first-order valence-corrected chi connectivity index (χ1v) is 12.5. The zero-order valence-electron chi connectivity index (χ0n) is 18.1. The molecule has 180 valence electrons. The van der Waals surface area contributed by atoms with Gasteiger partial charge < -0.3 is 13.5 Å². The lowest BCUT2D eigenvalue weighted by molar-refractivity contribution is -0.138. The molecule has 1 heterocycles. The average Bonchev–Trinajstić information content (AvgIpc) is 3.33. The third kappa shape index (κ3) is 6.16. The summed E-state index contributed by atoms with van der Waals surface area (Å²) in [6, 6.07) is 19.6. The molecule has 0 aliphatic carbocycles. The van der Waals surface area contributed by atoms with Crippen molar-refractivity contribution in [1.82, 2.24) is 0 Å². The number of carboxylic acids is 1. The molecule has 3 aromatic rings. The number of allylic oxidation sites excluding steroid dienone is 1. The fourth-order valence-corrected chi connectivity index (χ4v) is 5.31. The number of carbonyl (C=O) groups excluding carboxylic acids is 1. The maximum atomic E-state index is 13.9. The largest absolute Gasteiger partial charge is 0.481 e. The molecule has 0 fully saturated rings. The molecule has 9 heteroatoms. The van der Waals surface area contributed by atoms with Crippen molar-refractivity contribution in [3.8, 4) is 11.1 Å². The van der Waals surface area contributed by atoms with Crippen molar-refractivity contribution in [3.63, 3.8) is 0 Å². The van der Waals surface area contributed by atoms with Gasteiger partial charge in [-0.25, -0.2) is 0 Å². The molecule has 0 spiro atoms. The van der Waals surface area contributed by atoms with Gasteiger partial charge in [-0.3, -0.25) is 9.59 Å². The van der Waals surface area contributed by atoms with Crippen LogP contribution in [-0.2, 0) is 18.8 Å². The second-order valence-corrected chi connectivity index (χ2v) is 9.70. The number of aliphatic carboxylic acids is 1. The molecule has 1 amide bonds. The Morgan fingerprint density at radius 3 is 2.23 bits per heavy atom. The minimum Gasteiger partial charge on any atom is -0.481 e. The van der Waals surface area contributed by atoms with E-state index in [0.29, 0.717) is 22.6 Å². The van der Waals surface area contributed by atoms with Gasteiger partial charge in [0.05, 0.1) is 15.5 Å². The summed E-state index contributed by atoms with van der Waals surface area (Å²) in [5, 5.41) is 11.3. The van der Waals surface area contributed by atoms with Crippen LogP contribution in [0.5, 0.6) is 0 Å². The number of hydrogen-bond acceptors (Lipinski definition) is 3. The first-order chi connectivity index (χ1) is 16.7. The van der Waals surface area contributed by atoms with Crippen molar-refractivity contribution in [2.45, 2.75) is 19.0 Å². The van der Waals surface area contributed by atoms with E-state index in [1.54, 1.807) is 66.7 Å². The summed E-state index contributed by atoms with van der Waals surface area (Å²) in [4.78, 5) is 22.4. The third-order valence-electron chi connectivity index (χ3n) is 5.17. The van der Waals surface area contributed by atoms with Crippen molar-refractivity contribution in [3.05, 3.63) is 95.6 Å². The summed E-state index contributed by atoms with van der Waals surface area (Å²) in [5.74, 6) is -0.900. The van der Waals surface area contributed by atoms with E-state index in [2.05, 4.69) is 5.32 Å². The van der Waals surface area contributed by atoms with Crippen molar-refractivity contribution < 1.29 is 30.9 Å². The Hall–Kier alpha value is -3.47. The Morgan fingerprint density at radius 1 is 0.886 bits per heavy atom. The predicted molar refractivity (Wildman–Crippen MR) is 136 cm³/mol. The molecule has 0 bridgehead atoms. The Labute approximate surface area is 209 Å². The van der Waals surface area contributed by atoms with E-state index >= 15 is 0 Å². The Kier molecular flexibility index (Phi) is 7.34. The van der Waals surface area contributed by atoms with Gasteiger partial charge in [0.1, 0.15) is 26.9 Å². The van der Waals surface area contributed by atoms with Crippen LogP contribution in [0.25, 0.3) is 16.9 Å². The monoisotopic (exact) mass is 593 g/mol. The summed E-state index contributed by atoms with van der Waals surface area (Å²) in [7, 11) is 0. The number of amides is 1. The molecule has 0 radical (unpaired) electrons. The molecule has 0 saturated heterocycles. The number of anilines is 1. The van der Waals surface area contributed by atoms with Gasteiger partial charge >= 0.3 is 12.1 Å². The molecule has 1 aliphatic rings. The van der Waals surface area contributed by atoms with Gasteiger partial charge in [-0.15, -0.1) is 0 Å². The van der Waals surface area contributed by atoms with Gasteiger partial charge in [0.25, 0.3) is 0 Å².